The van der Waals surface area contributed by atoms with E-state index in [0.29, 0.717) is 6.04 Å². The topological polar surface area (TPSA) is 33.1 Å². The molecule has 2 fully saturated rings. The zero-order chi connectivity index (χ0) is 12.5. The number of likely N-dealkylation sites (tertiary alicyclic amines) is 1. The van der Waals surface area contributed by atoms with E-state index in [9.17, 15) is 0 Å². The van der Waals surface area contributed by atoms with Gasteiger partial charge in [-0.2, -0.15) is 5.10 Å². The number of aromatic nitrogens is 2. The third-order valence-electron chi connectivity index (χ3n) is 4.32. The van der Waals surface area contributed by atoms with Crippen molar-refractivity contribution in [2.24, 2.45) is 5.92 Å². The fourth-order valence-corrected chi connectivity index (χ4v) is 3.24. The highest BCUT2D eigenvalue weighted by Crippen LogP contribution is 2.25. The number of nitrogens with zero attached hydrogens (tertiary/aromatic N) is 3. The zero-order valence-electron chi connectivity index (χ0n) is 11.9. The van der Waals surface area contributed by atoms with Gasteiger partial charge in [0.1, 0.15) is 0 Å². The van der Waals surface area contributed by atoms with Gasteiger partial charge in [-0.1, -0.05) is 0 Å². The highest BCUT2D eigenvalue weighted by atomic mass is 35.5. The van der Waals surface area contributed by atoms with Crippen LogP contribution in [-0.4, -0.2) is 40.4 Å². The molecule has 3 heterocycles. The zero-order valence-corrected chi connectivity index (χ0v) is 12.7. The van der Waals surface area contributed by atoms with Gasteiger partial charge in [0.15, 0.2) is 0 Å². The van der Waals surface area contributed by atoms with E-state index in [4.69, 9.17) is 0 Å². The molecule has 1 aromatic rings. The molecule has 2 unspecified atom stereocenters. The van der Waals surface area contributed by atoms with Crippen LogP contribution >= 0.6 is 12.4 Å². The number of rotatable bonds is 3. The largest absolute Gasteiger partial charge is 0.314 e. The number of piperidine rings is 1. The van der Waals surface area contributed by atoms with Crippen LogP contribution in [0.4, 0.5) is 0 Å². The van der Waals surface area contributed by atoms with Crippen LogP contribution in [0.15, 0.2) is 12.3 Å². The van der Waals surface area contributed by atoms with Gasteiger partial charge in [-0.05, 0) is 45.2 Å². The summed E-state index contributed by atoms with van der Waals surface area (Å²) in [5.74, 6) is 0.867. The summed E-state index contributed by atoms with van der Waals surface area (Å²) in [6, 6.07) is 3.41. The molecule has 0 amide bonds. The Morgan fingerprint density at radius 2 is 2.26 bits per heavy atom. The van der Waals surface area contributed by atoms with E-state index in [1.807, 2.05) is 0 Å². The summed E-state index contributed by atoms with van der Waals surface area (Å²) in [5.41, 5.74) is 1.22. The maximum Gasteiger partial charge on any atom is 0.0764 e. The lowest BCUT2D eigenvalue weighted by Gasteiger charge is -2.34. The third-order valence-corrected chi connectivity index (χ3v) is 4.32. The molecule has 1 aromatic heterocycles. The Morgan fingerprint density at radius 1 is 1.42 bits per heavy atom. The standard InChI is InChI=1S/C14H24N4.ClH/c1-11(2)18-8-4-13(16-18)10-17-7-5-14-12(9-17)3-6-15-14;/h4,8,11-12,14-15H,3,5-7,9-10H2,1-2H3;1H. The molecule has 0 aliphatic carbocycles. The molecule has 0 bridgehead atoms. The molecule has 1 N–H and O–H groups in total. The second-order valence-corrected chi connectivity index (χ2v) is 6.01. The summed E-state index contributed by atoms with van der Waals surface area (Å²) < 4.78 is 2.05. The Labute approximate surface area is 122 Å². The van der Waals surface area contributed by atoms with Crippen molar-refractivity contribution in [3.05, 3.63) is 18.0 Å². The first-order chi connectivity index (χ1) is 8.72. The Hall–Kier alpha value is -0.580. The smallest absolute Gasteiger partial charge is 0.0764 e. The molecule has 4 nitrogen and oxygen atoms in total. The summed E-state index contributed by atoms with van der Waals surface area (Å²) in [6.07, 6.45) is 4.75. The maximum atomic E-state index is 4.65. The van der Waals surface area contributed by atoms with E-state index in [2.05, 4.69) is 46.1 Å². The fourth-order valence-electron chi connectivity index (χ4n) is 3.24. The van der Waals surface area contributed by atoms with Crippen LogP contribution in [0.2, 0.25) is 0 Å². The van der Waals surface area contributed by atoms with Crippen LogP contribution in [0, 0.1) is 5.92 Å². The third kappa shape index (κ3) is 3.30. The molecule has 0 aromatic carbocycles. The monoisotopic (exact) mass is 284 g/mol. The van der Waals surface area contributed by atoms with Gasteiger partial charge < -0.3 is 5.32 Å². The van der Waals surface area contributed by atoms with Gasteiger partial charge in [0.25, 0.3) is 0 Å². The van der Waals surface area contributed by atoms with Crippen LogP contribution < -0.4 is 5.32 Å². The Bertz CT molecular complexity index is 404. The van der Waals surface area contributed by atoms with Crippen LogP contribution in [-0.2, 0) is 6.54 Å². The van der Waals surface area contributed by atoms with E-state index < -0.39 is 0 Å². The lowest BCUT2D eigenvalue weighted by Crippen LogP contribution is -2.44. The number of hydrogen-bond acceptors (Lipinski definition) is 3. The predicted molar refractivity (Wildman–Crippen MR) is 79.7 cm³/mol. The van der Waals surface area contributed by atoms with Crippen molar-refractivity contribution in [2.45, 2.75) is 45.3 Å². The molecular formula is C14H25ClN4. The van der Waals surface area contributed by atoms with Crippen molar-refractivity contribution >= 4 is 12.4 Å². The van der Waals surface area contributed by atoms with E-state index in [1.165, 1.54) is 38.2 Å². The summed E-state index contributed by atoms with van der Waals surface area (Å²) in [4.78, 5) is 2.57. The predicted octanol–water partition coefficient (Wildman–Crippen LogP) is 2.07. The van der Waals surface area contributed by atoms with Crippen molar-refractivity contribution in [3.63, 3.8) is 0 Å². The van der Waals surface area contributed by atoms with E-state index >= 15 is 0 Å². The number of fused-ring (bicyclic) bond motifs is 1. The second-order valence-electron chi connectivity index (χ2n) is 6.01. The molecule has 0 radical (unpaired) electrons. The van der Waals surface area contributed by atoms with Gasteiger partial charge in [-0.3, -0.25) is 9.58 Å². The van der Waals surface area contributed by atoms with E-state index in [-0.39, 0.29) is 12.4 Å². The molecular weight excluding hydrogens is 260 g/mol. The minimum absolute atomic E-state index is 0. The van der Waals surface area contributed by atoms with Crippen LogP contribution in [0.1, 0.15) is 38.4 Å². The second kappa shape index (κ2) is 6.25. The average Bonchev–Trinajstić information content (AvgIpc) is 2.96. The maximum absolute atomic E-state index is 4.65. The lowest BCUT2D eigenvalue weighted by molar-refractivity contribution is 0.154. The highest BCUT2D eigenvalue weighted by Gasteiger charge is 2.32. The van der Waals surface area contributed by atoms with Gasteiger partial charge in [-0.25, -0.2) is 0 Å². The number of halogens is 1. The molecule has 108 valence electrons. The Kier molecular flexibility index (Phi) is 4.87. The van der Waals surface area contributed by atoms with Crippen molar-refractivity contribution in [2.75, 3.05) is 19.6 Å². The number of nitrogens with one attached hydrogen (secondary N) is 1. The minimum atomic E-state index is 0. The van der Waals surface area contributed by atoms with Gasteiger partial charge >= 0.3 is 0 Å². The summed E-state index contributed by atoms with van der Waals surface area (Å²) in [7, 11) is 0. The van der Waals surface area contributed by atoms with Crippen molar-refractivity contribution in [1.82, 2.24) is 20.0 Å². The molecule has 19 heavy (non-hydrogen) atoms. The Morgan fingerprint density at radius 3 is 3.00 bits per heavy atom. The molecule has 3 rings (SSSR count). The lowest BCUT2D eigenvalue weighted by atomic mass is 9.93. The first-order valence-electron chi connectivity index (χ1n) is 7.22. The quantitative estimate of drug-likeness (QED) is 0.922. The van der Waals surface area contributed by atoms with Gasteiger partial charge in [0.2, 0.25) is 0 Å². The first kappa shape index (κ1) is 14.8. The van der Waals surface area contributed by atoms with Crippen LogP contribution in [0.5, 0.6) is 0 Å². The molecule has 2 aliphatic heterocycles. The molecule has 2 saturated heterocycles. The first-order valence-corrected chi connectivity index (χ1v) is 7.22. The van der Waals surface area contributed by atoms with Crippen LogP contribution in [0.25, 0.3) is 0 Å². The minimum Gasteiger partial charge on any atom is -0.314 e. The van der Waals surface area contributed by atoms with Gasteiger partial charge in [0.05, 0.1) is 5.69 Å². The van der Waals surface area contributed by atoms with E-state index in [0.717, 1.165) is 18.5 Å². The summed E-state index contributed by atoms with van der Waals surface area (Å²) in [6.45, 7) is 9.03. The summed E-state index contributed by atoms with van der Waals surface area (Å²) in [5, 5.41) is 8.26. The molecule has 0 spiro atoms. The van der Waals surface area contributed by atoms with Crippen molar-refractivity contribution in [1.29, 1.82) is 0 Å². The molecule has 5 heteroatoms. The van der Waals surface area contributed by atoms with E-state index in [1.54, 1.807) is 0 Å². The fraction of sp³-hybridized carbons (Fsp3) is 0.786. The number of hydrogen-bond donors (Lipinski definition) is 1. The van der Waals surface area contributed by atoms with Crippen molar-refractivity contribution < 1.29 is 0 Å². The van der Waals surface area contributed by atoms with Crippen molar-refractivity contribution in [3.8, 4) is 0 Å². The van der Waals surface area contributed by atoms with Crippen LogP contribution in [0.3, 0.4) is 0 Å². The normalized spacial score (nSPS) is 27.3. The van der Waals surface area contributed by atoms with Gasteiger partial charge in [0, 0.05) is 37.9 Å². The molecule has 0 saturated carbocycles. The summed E-state index contributed by atoms with van der Waals surface area (Å²) >= 11 is 0. The molecule has 2 atom stereocenters. The SMILES string of the molecule is CC(C)n1ccc(CN2CCC3NCCC3C2)n1.Cl. The molecule has 2 aliphatic rings. The van der Waals surface area contributed by atoms with Gasteiger partial charge in [-0.15, -0.1) is 12.4 Å². The highest BCUT2D eigenvalue weighted by molar-refractivity contribution is 5.85. The Balaban J connectivity index is 0.00000133. The average molecular weight is 285 g/mol.